The highest BCUT2D eigenvalue weighted by molar-refractivity contribution is 5.92. The van der Waals surface area contributed by atoms with E-state index in [0.717, 1.165) is 32.7 Å². The third-order valence-corrected chi connectivity index (χ3v) is 4.24. The molecule has 1 saturated heterocycles. The number of halogens is 1. The molecule has 1 aromatic rings. The van der Waals surface area contributed by atoms with Crippen molar-refractivity contribution >= 4 is 17.5 Å². The normalized spacial score (nSPS) is 15.5. The van der Waals surface area contributed by atoms with Gasteiger partial charge in [-0.2, -0.15) is 0 Å². The van der Waals surface area contributed by atoms with Crippen LogP contribution in [0.4, 0.5) is 10.1 Å². The molecule has 0 saturated carbocycles. The van der Waals surface area contributed by atoms with Gasteiger partial charge < -0.3 is 14.7 Å². The van der Waals surface area contributed by atoms with Gasteiger partial charge in [-0.25, -0.2) is 4.39 Å². The summed E-state index contributed by atoms with van der Waals surface area (Å²) in [4.78, 5) is 29.8. The van der Waals surface area contributed by atoms with Crippen LogP contribution in [-0.4, -0.2) is 60.9 Å². The van der Waals surface area contributed by atoms with Gasteiger partial charge in [-0.15, -0.1) is 0 Å². The van der Waals surface area contributed by atoms with Crippen LogP contribution in [0.5, 0.6) is 0 Å². The molecular weight excluding hydrogens is 297 g/mol. The summed E-state index contributed by atoms with van der Waals surface area (Å²) in [5.74, 6) is -0.434. The molecular formula is C17H24FN3O2. The molecule has 1 heterocycles. The van der Waals surface area contributed by atoms with Crippen molar-refractivity contribution in [1.82, 2.24) is 9.80 Å². The summed E-state index contributed by atoms with van der Waals surface area (Å²) in [6, 6.07) is 5.75. The summed E-state index contributed by atoms with van der Waals surface area (Å²) in [5.41, 5.74) is 0.613. The predicted octanol–water partition coefficient (Wildman–Crippen LogP) is 1.73. The minimum absolute atomic E-state index is 0.0640. The quantitative estimate of drug-likeness (QED) is 0.830. The number of anilines is 1. The zero-order valence-electron chi connectivity index (χ0n) is 13.8. The number of hydrogen-bond donors (Lipinski definition) is 0. The fraction of sp³-hybridized carbons (Fsp3) is 0.529. The minimum atomic E-state index is -0.345. The number of rotatable bonds is 5. The van der Waals surface area contributed by atoms with Crippen LogP contribution in [0.1, 0.15) is 20.3 Å². The third kappa shape index (κ3) is 4.76. The maximum atomic E-state index is 13.0. The van der Waals surface area contributed by atoms with E-state index in [1.165, 1.54) is 24.0 Å². The van der Waals surface area contributed by atoms with Gasteiger partial charge >= 0.3 is 0 Å². The Labute approximate surface area is 136 Å². The summed E-state index contributed by atoms with van der Waals surface area (Å²) in [6.45, 7) is 8.16. The van der Waals surface area contributed by atoms with Gasteiger partial charge in [0.1, 0.15) is 5.82 Å². The van der Waals surface area contributed by atoms with E-state index in [2.05, 4.69) is 11.8 Å². The number of hydrogen-bond acceptors (Lipinski definition) is 3. The van der Waals surface area contributed by atoms with Crippen LogP contribution in [-0.2, 0) is 9.59 Å². The van der Waals surface area contributed by atoms with E-state index in [1.807, 2.05) is 4.90 Å². The van der Waals surface area contributed by atoms with E-state index < -0.39 is 0 Å². The number of benzene rings is 1. The molecule has 1 aliphatic heterocycles. The molecule has 1 aromatic carbocycles. The molecule has 0 atom stereocenters. The van der Waals surface area contributed by atoms with Gasteiger partial charge in [-0.1, -0.05) is 6.92 Å². The highest BCUT2D eigenvalue weighted by atomic mass is 19.1. The Balaban J connectivity index is 1.90. The SMILES string of the molecule is CCN1CCN(C(=O)CCN(C(C)=O)c2ccc(F)cc2)CC1. The molecule has 2 rings (SSSR count). The Morgan fingerprint density at radius 1 is 1.13 bits per heavy atom. The molecule has 0 aliphatic carbocycles. The van der Waals surface area contributed by atoms with Crippen molar-refractivity contribution in [3.63, 3.8) is 0 Å². The van der Waals surface area contributed by atoms with Gasteiger partial charge in [0.15, 0.2) is 0 Å². The van der Waals surface area contributed by atoms with Crippen molar-refractivity contribution in [1.29, 1.82) is 0 Å². The highest BCUT2D eigenvalue weighted by Crippen LogP contribution is 2.16. The van der Waals surface area contributed by atoms with Crippen LogP contribution in [0.25, 0.3) is 0 Å². The Hall–Kier alpha value is -1.95. The van der Waals surface area contributed by atoms with Crippen LogP contribution < -0.4 is 4.90 Å². The van der Waals surface area contributed by atoms with Crippen LogP contribution >= 0.6 is 0 Å². The summed E-state index contributed by atoms with van der Waals surface area (Å²) in [7, 11) is 0. The Kier molecular flexibility index (Phi) is 6.10. The number of nitrogens with zero attached hydrogens (tertiary/aromatic N) is 3. The van der Waals surface area contributed by atoms with E-state index in [9.17, 15) is 14.0 Å². The molecule has 5 nitrogen and oxygen atoms in total. The van der Waals surface area contributed by atoms with Gasteiger partial charge in [0.25, 0.3) is 0 Å². The number of carbonyl (C=O) groups excluding carboxylic acids is 2. The number of likely N-dealkylation sites (N-methyl/N-ethyl adjacent to an activating group) is 1. The fourth-order valence-electron chi connectivity index (χ4n) is 2.77. The molecule has 0 spiro atoms. The topological polar surface area (TPSA) is 43.9 Å². The standard InChI is InChI=1S/C17H24FN3O2/c1-3-19-10-12-20(13-11-19)17(23)8-9-21(14(2)22)16-6-4-15(18)5-7-16/h4-7H,3,8-13H2,1-2H3. The lowest BCUT2D eigenvalue weighted by atomic mass is 10.2. The van der Waals surface area contributed by atoms with E-state index in [4.69, 9.17) is 0 Å². The van der Waals surface area contributed by atoms with Gasteiger partial charge in [-0.05, 0) is 30.8 Å². The predicted molar refractivity (Wildman–Crippen MR) is 87.7 cm³/mol. The van der Waals surface area contributed by atoms with Crippen molar-refractivity contribution in [2.75, 3.05) is 44.2 Å². The van der Waals surface area contributed by atoms with Gasteiger partial charge in [0.05, 0.1) is 0 Å². The second-order valence-electron chi connectivity index (χ2n) is 5.71. The Morgan fingerprint density at radius 3 is 2.26 bits per heavy atom. The first-order valence-corrected chi connectivity index (χ1v) is 8.05. The first-order chi connectivity index (χ1) is 11.0. The van der Waals surface area contributed by atoms with Crippen molar-refractivity contribution in [3.05, 3.63) is 30.1 Å². The van der Waals surface area contributed by atoms with Crippen molar-refractivity contribution in [3.8, 4) is 0 Å². The molecule has 6 heteroatoms. The molecule has 0 unspecified atom stereocenters. The number of carbonyl (C=O) groups is 2. The Morgan fingerprint density at radius 2 is 1.74 bits per heavy atom. The summed E-state index contributed by atoms with van der Waals surface area (Å²) in [5, 5.41) is 0. The Bertz CT molecular complexity index is 539. The molecule has 0 radical (unpaired) electrons. The maximum absolute atomic E-state index is 13.0. The van der Waals surface area contributed by atoms with E-state index in [0.29, 0.717) is 12.2 Å². The molecule has 1 fully saturated rings. The summed E-state index contributed by atoms with van der Waals surface area (Å²) in [6.07, 6.45) is 0.281. The van der Waals surface area contributed by atoms with Crippen LogP contribution in [0.15, 0.2) is 24.3 Å². The molecule has 126 valence electrons. The summed E-state index contributed by atoms with van der Waals surface area (Å²) < 4.78 is 13.0. The first-order valence-electron chi connectivity index (χ1n) is 8.05. The molecule has 0 N–H and O–H groups in total. The van der Waals surface area contributed by atoms with E-state index in [1.54, 1.807) is 12.1 Å². The van der Waals surface area contributed by atoms with Gasteiger partial charge in [0, 0.05) is 51.8 Å². The maximum Gasteiger partial charge on any atom is 0.224 e. The molecule has 23 heavy (non-hydrogen) atoms. The van der Waals surface area contributed by atoms with Crippen molar-refractivity contribution in [2.24, 2.45) is 0 Å². The van der Waals surface area contributed by atoms with Crippen LogP contribution in [0.3, 0.4) is 0 Å². The van der Waals surface area contributed by atoms with Gasteiger partial charge in [-0.3, -0.25) is 9.59 Å². The first kappa shape index (κ1) is 17.4. The lowest BCUT2D eigenvalue weighted by Crippen LogP contribution is -2.49. The van der Waals surface area contributed by atoms with Crippen LogP contribution in [0, 0.1) is 5.82 Å². The van der Waals surface area contributed by atoms with Crippen molar-refractivity contribution < 1.29 is 14.0 Å². The lowest BCUT2D eigenvalue weighted by Gasteiger charge is -2.34. The smallest absolute Gasteiger partial charge is 0.224 e. The zero-order chi connectivity index (χ0) is 16.8. The second-order valence-corrected chi connectivity index (χ2v) is 5.71. The fourth-order valence-corrected chi connectivity index (χ4v) is 2.77. The second kappa shape index (κ2) is 8.06. The molecule has 1 aliphatic rings. The average molecular weight is 321 g/mol. The zero-order valence-corrected chi connectivity index (χ0v) is 13.8. The van der Waals surface area contributed by atoms with Gasteiger partial charge in [0.2, 0.25) is 11.8 Å². The third-order valence-electron chi connectivity index (χ3n) is 4.24. The molecule has 0 bridgehead atoms. The minimum Gasteiger partial charge on any atom is -0.340 e. The average Bonchev–Trinajstić information content (AvgIpc) is 2.56. The van der Waals surface area contributed by atoms with Crippen molar-refractivity contribution in [2.45, 2.75) is 20.3 Å². The molecule has 2 amide bonds. The largest absolute Gasteiger partial charge is 0.340 e. The monoisotopic (exact) mass is 321 g/mol. The van der Waals surface area contributed by atoms with E-state index in [-0.39, 0.29) is 24.1 Å². The van der Waals surface area contributed by atoms with Crippen LogP contribution in [0.2, 0.25) is 0 Å². The highest BCUT2D eigenvalue weighted by Gasteiger charge is 2.21. The number of piperazine rings is 1. The molecule has 0 aromatic heterocycles. The van der Waals surface area contributed by atoms with E-state index >= 15 is 0 Å². The summed E-state index contributed by atoms with van der Waals surface area (Å²) >= 11 is 0. The number of amides is 2. The lowest BCUT2D eigenvalue weighted by molar-refractivity contribution is -0.132.